The molecule has 1 atom stereocenters. The molecule has 21 heavy (non-hydrogen) atoms. The first kappa shape index (κ1) is 16.9. The Morgan fingerprint density at radius 3 is 2.76 bits per heavy atom. The molecule has 1 saturated heterocycles. The van der Waals surface area contributed by atoms with Crippen LogP contribution in [0.3, 0.4) is 0 Å². The molecule has 0 saturated carbocycles. The van der Waals surface area contributed by atoms with Crippen LogP contribution in [0.2, 0.25) is 0 Å². The molecule has 0 amide bonds. The Hall–Kier alpha value is -0.500. The first-order chi connectivity index (χ1) is 9.68. The Kier molecular flexibility index (Phi) is 5.07. The Labute approximate surface area is 131 Å². The van der Waals surface area contributed by atoms with Crippen LogP contribution in [0.4, 0.5) is 0 Å². The van der Waals surface area contributed by atoms with E-state index >= 15 is 0 Å². The molecule has 5 nitrogen and oxygen atoms in total. The Bertz CT molecular complexity index is 575. The Morgan fingerprint density at radius 1 is 1.48 bits per heavy atom. The van der Waals surface area contributed by atoms with Gasteiger partial charge in [0.05, 0.1) is 11.2 Å². The third kappa shape index (κ3) is 4.48. The smallest absolute Gasteiger partial charge is 0.254 e. The average molecular weight is 332 g/mol. The van der Waals surface area contributed by atoms with Gasteiger partial charge >= 0.3 is 0 Å². The van der Waals surface area contributed by atoms with Crippen molar-refractivity contribution in [1.82, 2.24) is 14.6 Å². The summed E-state index contributed by atoms with van der Waals surface area (Å²) in [6, 6.07) is 0. The van der Waals surface area contributed by atoms with Crippen LogP contribution in [-0.2, 0) is 10.0 Å². The first-order valence-electron chi connectivity index (χ1n) is 7.36. The summed E-state index contributed by atoms with van der Waals surface area (Å²) in [5.41, 5.74) is 0.0654. The zero-order valence-corrected chi connectivity index (χ0v) is 14.9. The van der Waals surface area contributed by atoms with Gasteiger partial charge in [-0.05, 0) is 53.0 Å². The summed E-state index contributed by atoms with van der Waals surface area (Å²) in [4.78, 5) is 4.07. The lowest BCUT2D eigenvalue weighted by Gasteiger charge is -2.33. The van der Waals surface area contributed by atoms with Crippen molar-refractivity contribution in [1.29, 1.82) is 0 Å². The molecule has 1 aliphatic heterocycles. The Balaban J connectivity index is 2.03. The summed E-state index contributed by atoms with van der Waals surface area (Å²) < 4.78 is 27.2. The maximum Gasteiger partial charge on any atom is 0.254 e. The number of nitrogens with one attached hydrogen (secondary N) is 1. The topological polar surface area (TPSA) is 62.3 Å². The molecular formula is C14H25N3O2S2. The second kappa shape index (κ2) is 6.32. The molecule has 1 aromatic heterocycles. The summed E-state index contributed by atoms with van der Waals surface area (Å²) in [6.07, 6.45) is 3.48. The van der Waals surface area contributed by atoms with Crippen LogP contribution in [0.25, 0.3) is 0 Å². The number of sulfonamides is 1. The van der Waals surface area contributed by atoms with E-state index in [1.807, 2.05) is 6.92 Å². The molecular weight excluding hydrogens is 306 g/mol. The fraction of sp³-hybridized carbons (Fsp3) is 0.786. The van der Waals surface area contributed by atoms with Crippen LogP contribution < -0.4 is 5.32 Å². The molecule has 0 spiro atoms. The molecule has 0 radical (unpaired) electrons. The van der Waals surface area contributed by atoms with Gasteiger partial charge in [-0.1, -0.05) is 0 Å². The molecule has 1 N–H and O–H groups in total. The summed E-state index contributed by atoms with van der Waals surface area (Å²) in [7, 11) is -3.37. The summed E-state index contributed by atoms with van der Waals surface area (Å²) in [5.74, 6) is 0.377. The minimum absolute atomic E-state index is 0.0654. The van der Waals surface area contributed by atoms with E-state index in [2.05, 4.69) is 31.1 Å². The molecule has 1 unspecified atom stereocenters. The molecule has 0 aliphatic carbocycles. The number of thiazole rings is 1. The van der Waals surface area contributed by atoms with E-state index in [9.17, 15) is 8.42 Å². The van der Waals surface area contributed by atoms with Gasteiger partial charge in [0, 0.05) is 18.6 Å². The van der Waals surface area contributed by atoms with Gasteiger partial charge < -0.3 is 5.32 Å². The largest absolute Gasteiger partial charge is 0.312 e. The van der Waals surface area contributed by atoms with Crippen LogP contribution >= 0.6 is 11.3 Å². The van der Waals surface area contributed by atoms with Crippen LogP contribution in [0.1, 0.15) is 38.6 Å². The Morgan fingerprint density at radius 2 is 2.19 bits per heavy atom. The van der Waals surface area contributed by atoms with E-state index in [1.165, 1.54) is 17.5 Å². The molecule has 0 aromatic carbocycles. The standard InChI is InChI=1S/C14H25N3O2S2/c1-11-15-9-13(20-11)21(18,19)17-7-5-6-12(10-17)8-16-14(2,3)4/h9,12,16H,5-8,10H2,1-4H3. The lowest BCUT2D eigenvalue weighted by Crippen LogP contribution is -2.46. The number of piperidine rings is 1. The molecule has 2 heterocycles. The molecule has 120 valence electrons. The molecule has 2 rings (SSSR count). The third-order valence-corrected chi connectivity index (χ3v) is 6.81. The van der Waals surface area contributed by atoms with Crippen molar-refractivity contribution in [2.75, 3.05) is 19.6 Å². The monoisotopic (exact) mass is 331 g/mol. The van der Waals surface area contributed by atoms with Crippen molar-refractivity contribution in [2.45, 2.75) is 50.3 Å². The van der Waals surface area contributed by atoms with Crippen LogP contribution in [0.15, 0.2) is 10.4 Å². The minimum Gasteiger partial charge on any atom is -0.312 e. The van der Waals surface area contributed by atoms with E-state index in [-0.39, 0.29) is 5.54 Å². The highest BCUT2D eigenvalue weighted by atomic mass is 32.2. The first-order valence-corrected chi connectivity index (χ1v) is 9.62. The number of aryl methyl sites for hydroxylation is 1. The fourth-order valence-corrected chi connectivity index (χ4v) is 5.27. The second-order valence-electron chi connectivity index (χ2n) is 6.70. The van der Waals surface area contributed by atoms with Gasteiger partial charge in [0.2, 0.25) is 0 Å². The van der Waals surface area contributed by atoms with Gasteiger partial charge in [0.25, 0.3) is 10.0 Å². The van der Waals surface area contributed by atoms with Gasteiger partial charge in [-0.2, -0.15) is 4.31 Å². The summed E-state index contributed by atoms with van der Waals surface area (Å²) >= 11 is 1.25. The van der Waals surface area contributed by atoms with Gasteiger partial charge in [-0.25, -0.2) is 13.4 Å². The lowest BCUT2D eigenvalue weighted by atomic mass is 9.98. The van der Waals surface area contributed by atoms with Gasteiger partial charge in [-0.15, -0.1) is 11.3 Å². The van der Waals surface area contributed by atoms with Crippen molar-refractivity contribution in [3.05, 3.63) is 11.2 Å². The van der Waals surface area contributed by atoms with Gasteiger partial charge in [0.15, 0.2) is 4.21 Å². The minimum atomic E-state index is -3.37. The normalized spacial score (nSPS) is 21.6. The predicted octanol–water partition coefficient (Wildman–Crippen LogP) is 2.24. The van der Waals surface area contributed by atoms with Crippen molar-refractivity contribution in [2.24, 2.45) is 5.92 Å². The summed E-state index contributed by atoms with van der Waals surface area (Å²) in [5, 5.41) is 4.26. The maximum absolute atomic E-state index is 12.6. The fourth-order valence-electron chi connectivity index (χ4n) is 2.45. The quantitative estimate of drug-likeness (QED) is 0.919. The maximum atomic E-state index is 12.6. The number of nitrogens with zero attached hydrogens (tertiary/aromatic N) is 2. The van der Waals surface area contributed by atoms with E-state index in [1.54, 1.807) is 4.31 Å². The van der Waals surface area contributed by atoms with E-state index in [0.717, 1.165) is 24.4 Å². The highest BCUT2D eigenvalue weighted by Crippen LogP contribution is 2.26. The van der Waals surface area contributed by atoms with E-state index in [0.29, 0.717) is 23.2 Å². The zero-order valence-electron chi connectivity index (χ0n) is 13.2. The zero-order chi connectivity index (χ0) is 15.7. The number of rotatable bonds is 4. The number of hydrogen-bond acceptors (Lipinski definition) is 5. The SMILES string of the molecule is Cc1ncc(S(=O)(=O)N2CCCC(CNC(C)(C)C)C2)s1. The van der Waals surface area contributed by atoms with E-state index in [4.69, 9.17) is 0 Å². The third-order valence-electron chi connectivity index (χ3n) is 3.60. The van der Waals surface area contributed by atoms with Crippen molar-refractivity contribution in [3.63, 3.8) is 0 Å². The van der Waals surface area contributed by atoms with Crippen molar-refractivity contribution in [3.8, 4) is 0 Å². The van der Waals surface area contributed by atoms with Gasteiger partial charge in [-0.3, -0.25) is 0 Å². The van der Waals surface area contributed by atoms with Crippen LogP contribution in [0, 0.1) is 12.8 Å². The highest BCUT2D eigenvalue weighted by Gasteiger charge is 2.31. The van der Waals surface area contributed by atoms with Crippen molar-refractivity contribution < 1.29 is 8.42 Å². The molecule has 7 heteroatoms. The van der Waals surface area contributed by atoms with Gasteiger partial charge in [0.1, 0.15) is 0 Å². The van der Waals surface area contributed by atoms with E-state index < -0.39 is 10.0 Å². The number of aromatic nitrogens is 1. The predicted molar refractivity (Wildman–Crippen MR) is 86.1 cm³/mol. The molecule has 1 fully saturated rings. The summed E-state index contributed by atoms with van der Waals surface area (Å²) in [6.45, 7) is 10.3. The lowest BCUT2D eigenvalue weighted by molar-refractivity contribution is 0.245. The van der Waals surface area contributed by atoms with Crippen molar-refractivity contribution >= 4 is 21.4 Å². The second-order valence-corrected chi connectivity index (χ2v) is 10.1. The molecule has 1 aliphatic rings. The highest BCUT2D eigenvalue weighted by molar-refractivity contribution is 7.91. The average Bonchev–Trinajstić information content (AvgIpc) is 2.83. The molecule has 1 aromatic rings. The van der Waals surface area contributed by atoms with Crippen LogP contribution in [0.5, 0.6) is 0 Å². The van der Waals surface area contributed by atoms with Crippen LogP contribution in [-0.4, -0.2) is 42.9 Å². The number of hydrogen-bond donors (Lipinski definition) is 1. The molecule has 0 bridgehead atoms.